The lowest BCUT2D eigenvalue weighted by Gasteiger charge is -2.19. The zero-order valence-corrected chi connectivity index (χ0v) is 10.8. The molecule has 0 aromatic heterocycles. The van der Waals surface area contributed by atoms with Gasteiger partial charge in [0.1, 0.15) is 0 Å². The van der Waals surface area contributed by atoms with Gasteiger partial charge in [-0.05, 0) is 25.5 Å². The standard InChI is InChI=1S/C12H17ClO3/c1-12(2,14)7-8-5-6-9(15-3)11(16-4)10(8)13/h5-6,14H,7H2,1-4H3. The molecule has 1 aromatic carbocycles. The summed E-state index contributed by atoms with van der Waals surface area (Å²) >= 11 is 6.18. The topological polar surface area (TPSA) is 38.7 Å². The molecule has 0 spiro atoms. The first kappa shape index (κ1) is 13.1. The van der Waals surface area contributed by atoms with E-state index >= 15 is 0 Å². The predicted octanol–water partition coefficient (Wildman–Crippen LogP) is 2.67. The van der Waals surface area contributed by atoms with Gasteiger partial charge in [-0.1, -0.05) is 17.7 Å². The minimum Gasteiger partial charge on any atom is -0.493 e. The lowest BCUT2D eigenvalue weighted by Crippen LogP contribution is -2.22. The molecule has 0 amide bonds. The van der Waals surface area contributed by atoms with Gasteiger partial charge in [-0.3, -0.25) is 0 Å². The van der Waals surface area contributed by atoms with Crippen LogP contribution >= 0.6 is 11.6 Å². The minimum absolute atomic E-state index is 0.464. The van der Waals surface area contributed by atoms with Crippen LogP contribution in [-0.2, 0) is 6.42 Å². The quantitative estimate of drug-likeness (QED) is 0.885. The summed E-state index contributed by atoms with van der Waals surface area (Å²) in [5, 5.41) is 10.2. The largest absolute Gasteiger partial charge is 0.493 e. The van der Waals surface area contributed by atoms with Crippen molar-refractivity contribution in [1.29, 1.82) is 0 Å². The van der Waals surface area contributed by atoms with Crippen LogP contribution in [0.3, 0.4) is 0 Å². The van der Waals surface area contributed by atoms with Crippen molar-refractivity contribution in [2.45, 2.75) is 25.9 Å². The number of hydrogen-bond donors (Lipinski definition) is 1. The number of halogens is 1. The third-order valence-corrected chi connectivity index (χ3v) is 2.60. The van der Waals surface area contributed by atoms with Gasteiger partial charge in [-0.2, -0.15) is 0 Å². The second-order valence-electron chi connectivity index (χ2n) is 4.26. The van der Waals surface area contributed by atoms with E-state index in [0.29, 0.717) is 22.9 Å². The lowest BCUT2D eigenvalue weighted by molar-refractivity contribution is 0.0809. The Kier molecular flexibility index (Phi) is 4.05. The number of methoxy groups -OCH3 is 2. The first-order valence-electron chi connectivity index (χ1n) is 5.01. The Bertz CT molecular complexity index is 369. The minimum atomic E-state index is -0.802. The van der Waals surface area contributed by atoms with Gasteiger partial charge < -0.3 is 14.6 Å². The second-order valence-corrected chi connectivity index (χ2v) is 4.64. The molecule has 16 heavy (non-hydrogen) atoms. The summed E-state index contributed by atoms with van der Waals surface area (Å²) < 4.78 is 10.3. The molecule has 3 nitrogen and oxygen atoms in total. The van der Waals surface area contributed by atoms with Gasteiger partial charge >= 0.3 is 0 Å². The zero-order valence-electron chi connectivity index (χ0n) is 10.0. The van der Waals surface area contributed by atoms with E-state index in [2.05, 4.69) is 0 Å². The Morgan fingerprint density at radius 1 is 1.25 bits per heavy atom. The number of rotatable bonds is 4. The average Bonchev–Trinajstić information content (AvgIpc) is 2.19. The molecular weight excluding hydrogens is 228 g/mol. The van der Waals surface area contributed by atoms with Crippen molar-refractivity contribution in [2.24, 2.45) is 0 Å². The Labute approximate surface area is 101 Å². The highest BCUT2D eigenvalue weighted by atomic mass is 35.5. The summed E-state index contributed by atoms with van der Waals surface area (Å²) in [4.78, 5) is 0. The van der Waals surface area contributed by atoms with Crippen LogP contribution in [0.2, 0.25) is 5.02 Å². The number of benzene rings is 1. The molecule has 0 radical (unpaired) electrons. The van der Waals surface area contributed by atoms with Gasteiger partial charge in [-0.25, -0.2) is 0 Å². The van der Waals surface area contributed by atoms with Crippen LogP contribution < -0.4 is 9.47 Å². The number of hydrogen-bond acceptors (Lipinski definition) is 3. The lowest BCUT2D eigenvalue weighted by atomic mass is 9.98. The Balaban J connectivity index is 3.14. The van der Waals surface area contributed by atoms with Crippen LogP contribution in [0.25, 0.3) is 0 Å². The summed E-state index contributed by atoms with van der Waals surface area (Å²) in [5.74, 6) is 1.10. The van der Waals surface area contributed by atoms with E-state index in [1.807, 2.05) is 6.07 Å². The molecular formula is C12H17ClO3. The fourth-order valence-electron chi connectivity index (χ4n) is 1.53. The van der Waals surface area contributed by atoms with E-state index in [0.717, 1.165) is 5.56 Å². The van der Waals surface area contributed by atoms with Crippen LogP contribution in [0.1, 0.15) is 19.4 Å². The highest BCUT2D eigenvalue weighted by molar-refractivity contribution is 6.33. The third-order valence-electron chi connectivity index (χ3n) is 2.19. The van der Waals surface area contributed by atoms with Gasteiger partial charge in [0.25, 0.3) is 0 Å². The molecule has 0 fully saturated rings. The van der Waals surface area contributed by atoms with Crippen molar-refractivity contribution >= 4 is 11.6 Å². The molecule has 1 rings (SSSR count). The fourth-order valence-corrected chi connectivity index (χ4v) is 1.83. The van der Waals surface area contributed by atoms with Crippen LogP contribution in [0.15, 0.2) is 12.1 Å². The van der Waals surface area contributed by atoms with Gasteiger partial charge in [-0.15, -0.1) is 0 Å². The molecule has 0 aliphatic carbocycles. The predicted molar refractivity (Wildman–Crippen MR) is 64.6 cm³/mol. The molecule has 0 saturated carbocycles. The Morgan fingerprint density at radius 2 is 1.88 bits per heavy atom. The van der Waals surface area contributed by atoms with Gasteiger partial charge in [0.15, 0.2) is 11.5 Å². The van der Waals surface area contributed by atoms with E-state index < -0.39 is 5.60 Å². The van der Waals surface area contributed by atoms with E-state index in [-0.39, 0.29) is 0 Å². The molecule has 0 unspecified atom stereocenters. The monoisotopic (exact) mass is 244 g/mol. The van der Waals surface area contributed by atoms with Crippen molar-refractivity contribution in [3.05, 3.63) is 22.7 Å². The van der Waals surface area contributed by atoms with Crippen molar-refractivity contribution in [3.8, 4) is 11.5 Å². The third kappa shape index (κ3) is 3.03. The van der Waals surface area contributed by atoms with E-state index in [4.69, 9.17) is 21.1 Å². The van der Waals surface area contributed by atoms with Gasteiger partial charge in [0.2, 0.25) is 0 Å². The van der Waals surface area contributed by atoms with Crippen molar-refractivity contribution in [3.63, 3.8) is 0 Å². The molecule has 1 N–H and O–H groups in total. The van der Waals surface area contributed by atoms with Crippen molar-refractivity contribution < 1.29 is 14.6 Å². The SMILES string of the molecule is COc1ccc(CC(C)(C)O)c(Cl)c1OC. The zero-order chi connectivity index (χ0) is 12.3. The molecule has 90 valence electrons. The summed E-state index contributed by atoms with van der Waals surface area (Å²) in [6, 6.07) is 3.62. The maximum Gasteiger partial charge on any atom is 0.179 e. The average molecular weight is 245 g/mol. The molecule has 0 bridgehead atoms. The molecule has 0 aliphatic rings. The number of aliphatic hydroxyl groups is 1. The molecule has 0 saturated heterocycles. The van der Waals surface area contributed by atoms with Crippen LogP contribution in [0.4, 0.5) is 0 Å². The van der Waals surface area contributed by atoms with Crippen LogP contribution in [0.5, 0.6) is 11.5 Å². The molecule has 0 heterocycles. The summed E-state index contributed by atoms with van der Waals surface area (Å²) in [7, 11) is 3.10. The molecule has 0 aliphatic heterocycles. The van der Waals surface area contributed by atoms with Gasteiger partial charge in [0.05, 0.1) is 24.8 Å². The maximum atomic E-state index is 9.75. The highest BCUT2D eigenvalue weighted by Gasteiger charge is 2.19. The maximum absolute atomic E-state index is 9.75. The van der Waals surface area contributed by atoms with E-state index in [9.17, 15) is 5.11 Å². The van der Waals surface area contributed by atoms with Crippen LogP contribution in [0, 0.1) is 0 Å². The molecule has 1 aromatic rings. The summed E-state index contributed by atoms with van der Waals surface area (Å²) in [5.41, 5.74) is 0.0373. The van der Waals surface area contributed by atoms with E-state index in [1.165, 1.54) is 7.11 Å². The van der Waals surface area contributed by atoms with Gasteiger partial charge in [0, 0.05) is 6.42 Å². The highest BCUT2D eigenvalue weighted by Crippen LogP contribution is 2.38. The Morgan fingerprint density at radius 3 is 2.31 bits per heavy atom. The smallest absolute Gasteiger partial charge is 0.179 e. The molecule has 4 heteroatoms. The number of ether oxygens (including phenoxy) is 2. The van der Waals surface area contributed by atoms with Crippen molar-refractivity contribution in [1.82, 2.24) is 0 Å². The normalized spacial score (nSPS) is 11.4. The fraction of sp³-hybridized carbons (Fsp3) is 0.500. The first-order valence-corrected chi connectivity index (χ1v) is 5.38. The molecule has 0 atom stereocenters. The first-order chi connectivity index (χ1) is 7.39. The summed E-state index contributed by atoms with van der Waals surface area (Å²) in [6.07, 6.45) is 0.464. The Hall–Kier alpha value is -0.930. The van der Waals surface area contributed by atoms with Crippen LogP contribution in [-0.4, -0.2) is 24.9 Å². The second kappa shape index (κ2) is 4.93. The van der Waals surface area contributed by atoms with E-state index in [1.54, 1.807) is 27.0 Å². The summed E-state index contributed by atoms with van der Waals surface area (Å²) in [6.45, 7) is 3.47. The van der Waals surface area contributed by atoms with Crippen molar-refractivity contribution in [2.75, 3.05) is 14.2 Å².